The molecule has 1 aromatic heterocycles. The van der Waals surface area contributed by atoms with Gasteiger partial charge in [-0.2, -0.15) is 0 Å². The third-order valence-corrected chi connectivity index (χ3v) is 3.29. The molecular weight excluding hydrogens is 249 g/mol. The zero-order chi connectivity index (χ0) is 11.5. The zero-order valence-electron chi connectivity index (χ0n) is 8.45. The van der Waals surface area contributed by atoms with E-state index in [1.165, 1.54) is 23.7 Å². The Labute approximate surface area is 101 Å². The van der Waals surface area contributed by atoms with Gasteiger partial charge in [0, 0.05) is 5.02 Å². The van der Waals surface area contributed by atoms with E-state index in [2.05, 4.69) is 14.9 Å². The predicted octanol–water partition coefficient (Wildman–Crippen LogP) is 2.64. The van der Waals surface area contributed by atoms with Crippen molar-refractivity contribution in [1.29, 1.82) is 0 Å². The highest BCUT2D eigenvalue weighted by molar-refractivity contribution is 7.05. The molecular formula is C10H9ClFN3S. The van der Waals surface area contributed by atoms with Gasteiger partial charge in [0.05, 0.1) is 17.1 Å². The highest BCUT2D eigenvalue weighted by Crippen LogP contribution is 2.29. The van der Waals surface area contributed by atoms with E-state index in [0.717, 1.165) is 4.88 Å². The van der Waals surface area contributed by atoms with Crippen LogP contribution in [0.3, 0.4) is 0 Å². The van der Waals surface area contributed by atoms with E-state index in [4.69, 9.17) is 11.6 Å². The molecule has 1 N–H and O–H groups in total. The van der Waals surface area contributed by atoms with Gasteiger partial charge in [0.1, 0.15) is 5.82 Å². The Morgan fingerprint density at radius 1 is 1.50 bits per heavy atom. The maximum absolute atomic E-state index is 13.2. The summed E-state index contributed by atoms with van der Waals surface area (Å²) in [5.74, 6) is -0.308. The van der Waals surface area contributed by atoms with Gasteiger partial charge in [0.2, 0.25) is 0 Å². The summed E-state index contributed by atoms with van der Waals surface area (Å²) in [6, 6.07) is 4.13. The Kier molecular flexibility index (Phi) is 3.48. The number of aromatic nitrogens is 2. The second kappa shape index (κ2) is 4.86. The van der Waals surface area contributed by atoms with Gasteiger partial charge in [-0.05, 0) is 42.3 Å². The van der Waals surface area contributed by atoms with Gasteiger partial charge in [-0.3, -0.25) is 0 Å². The van der Waals surface area contributed by atoms with Crippen molar-refractivity contribution in [3.8, 4) is 0 Å². The third-order valence-electron chi connectivity index (χ3n) is 2.22. The number of hydrogen-bond acceptors (Lipinski definition) is 4. The lowest BCUT2D eigenvalue weighted by Gasteiger charge is -2.15. The van der Waals surface area contributed by atoms with Crippen molar-refractivity contribution in [2.75, 3.05) is 7.05 Å². The molecule has 0 saturated carbocycles. The summed E-state index contributed by atoms with van der Waals surface area (Å²) >= 11 is 7.30. The highest BCUT2D eigenvalue weighted by atomic mass is 35.5. The standard InChI is InChI=1S/C10H9ClFN3S/c1-13-10(9-5-14-15-16-9)7-4-6(12)2-3-8(7)11/h2-5,10,13H,1H3. The molecule has 0 radical (unpaired) electrons. The van der Waals surface area contributed by atoms with Gasteiger partial charge in [-0.1, -0.05) is 16.1 Å². The monoisotopic (exact) mass is 257 g/mol. The van der Waals surface area contributed by atoms with Crippen molar-refractivity contribution >= 4 is 23.1 Å². The van der Waals surface area contributed by atoms with Gasteiger partial charge in [0.25, 0.3) is 0 Å². The van der Waals surface area contributed by atoms with E-state index in [1.54, 1.807) is 19.3 Å². The molecule has 0 aliphatic heterocycles. The first-order valence-corrected chi connectivity index (χ1v) is 5.77. The molecule has 0 amide bonds. The topological polar surface area (TPSA) is 37.8 Å². The van der Waals surface area contributed by atoms with Crippen LogP contribution < -0.4 is 5.32 Å². The maximum atomic E-state index is 13.2. The van der Waals surface area contributed by atoms with Crippen LogP contribution in [-0.4, -0.2) is 16.6 Å². The molecule has 6 heteroatoms. The van der Waals surface area contributed by atoms with Crippen LogP contribution in [-0.2, 0) is 0 Å². The third kappa shape index (κ3) is 2.21. The second-order valence-electron chi connectivity index (χ2n) is 3.21. The van der Waals surface area contributed by atoms with Crippen molar-refractivity contribution in [2.24, 2.45) is 0 Å². The number of rotatable bonds is 3. The van der Waals surface area contributed by atoms with Gasteiger partial charge >= 0.3 is 0 Å². The van der Waals surface area contributed by atoms with Crippen LogP contribution in [0.2, 0.25) is 5.02 Å². The first-order valence-electron chi connectivity index (χ1n) is 4.62. The summed E-state index contributed by atoms with van der Waals surface area (Å²) in [6.45, 7) is 0. The molecule has 3 nitrogen and oxygen atoms in total. The molecule has 0 fully saturated rings. The number of benzene rings is 1. The lowest BCUT2D eigenvalue weighted by Crippen LogP contribution is -2.17. The molecule has 16 heavy (non-hydrogen) atoms. The Balaban J connectivity index is 2.44. The molecule has 0 bridgehead atoms. The predicted molar refractivity (Wildman–Crippen MR) is 62.2 cm³/mol. The second-order valence-corrected chi connectivity index (χ2v) is 4.43. The zero-order valence-corrected chi connectivity index (χ0v) is 10.0. The summed E-state index contributed by atoms with van der Waals surface area (Å²) in [7, 11) is 1.78. The summed E-state index contributed by atoms with van der Waals surface area (Å²) in [6.07, 6.45) is 1.65. The number of nitrogens with zero attached hydrogens (tertiary/aromatic N) is 2. The molecule has 0 saturated heterocycles. The number of nitrogens with one attached hydrogen (secondary N) is 1. The minimum Gasteiger partial charge on any atom is -0.309 e. The molecule has 0 aliphatic carbocycles. The number of hydrogen-bond donors (Lipinski definition) is 1. The van der Waals surface area contributed by atoms with Crippen molar-refractivity contribution in [3.63, 3.8) is 0 Å². The average molecular weight is 258 g/mol. The van der Waals surface area contributed by atoms with Crippen LogP contribution in [0.4, 0.5) is 4.39 Å². The Bertz CT molecular complexity index is 475. The Hall–Kier alpha value is -1.04. The first-order chi connectivity index (χ1) is 7.72. The van der Waals surface area contributed by atoms with Crippen LogP contribution in [0.15, 0.2) is 24.4 Å². The molecule has 84 valence electrons. The van der Waals surface area contributed by atoms with Crippen molar-refractivity contribution in [3.05, 3.63) is 45.7 Å². The average Bonchev–Trinajstić information content (AvgIpc) is 2.78. The van der Waals surface area contributed by atoms with E-state index in [-0.39, 0.29) is 11.9 Å². The van der Waals surface area contributed by atoms with Crippen LogP contribution in [0.1, 0.15) is 16.5 Å². The summed E-state index contributed by atoms with van der Waals surface area (Å²) < 4.78 is 17.0. The molecule has 1 atom stereocenters. The van der Waals surface area contributed by atoms with E-state index in [1.807, 2.05) is 0 Å². The van der Waals surface area contributed by atoms with Gasteiger partial charge in [0.15, 0.2) is 0 Å². The van der Waals surface area contributed by atoms with E-state index >= 15 is 0 Å². The van der Waals surface area contributed by atoms with Crippen LogP contribution in [0.25, 0.3) is 0 Å². The SMILES string of the molecule is CNC(c1cnns1)c1cc(F)ccc1Cl. The van der Waals surface area contributed by atoms with Gasteiger partial charge < -0.3 is 5.32 Å². The summed E-state index contributed by atoms with van der Waals surface area (Å²) in [5.41, 5.74) is 0.690. The Morgan fingerprint density at radius 2 is 2.31 bits per heavy atom. The quantitative estimate of drug-likeness (QED) is 0.919. The fourth-order valence-corrected chi connectivity index (χ4v) is 2.35. The van der Waals surface area contributed by atoms with Crippen LogP contribution >= 0.6 is 23.1 Å². The molecule has 1 heterocycles. The fraction of sp³-hybridized carbons (Fsp3) is 0.200. The first kappa shape index (κ1) is 11.4. The van der Waals surface area contributed by atoms with Gasteiger partial charge in [-0.15, -0.1) is 5.10 Å². The molecule has 0 spiro atoms. The highest BCUT2D eigenvalue weighted by Gasteiger charge is 2.17. The Morgan fingerprint density at radius 3 is 2.94 bits per heavy atom. The lowest BCUT2D eigenvalue weighted by atomic mass is 10.1. The van der Waals surface area contributed by atoms with E-state index < -0.39 is 0 Å². The van der Waals surface area contributed by atoms with E-state index in [0.29, 0.717) is 10.6 Å². The maximum Gasteiger partial charge on any atom is 0.123 e. The lowest BCUT2D eigenvalue weighted by molar-refractivity contribution is 0.618. The molecule has 0 aliphatic rings. The molecule has 2 rings (SSSR count). The van der Waals surface area contributed by atoms with E-state index in [9.17, 15) is 4.39 Å². The number of halogens is 2. The minimum absolute atomic E-state index is 0.178. The van der Waals surface area contributed by atoms with Crippen molar-refractivity contribution in [1.82, 2.24) is 14.9 Å². The normalized spacial score (nSPS) is 12.7. The fourth-order valence-electron chi connectivity index (χ4n) is 1.49. The van der Waals surface area contributed by atoms with Crippen LogP contribution in [0.5, 0.6) is 0 Å². The summed E-state index contributed by atoms with van der Waals surface area (Å²) in [5, 5.41) is 7.35. The molecule has 2 aromatic rings. The van der Waals surface area contributed by atoms with Gasteiger partial charge in [-0.25, -0.2) is 4.39 Å². The molecule has 1 aromatic carbocycles. The van der Waals surface area contributed by atoms with Crippen molar-refractivity contribution in [2.45, 2.75) is 6.04 Å². The summed E-state index contributed by atoms with van der Waals surface area (Å²) in [4.78, 5) is 0.898. The van der Waals surface area contributed by atoms with Crippen LogP contribution in [0, 0.1) is 5.82 Å². The smallest absolute Gasteiger partial charge is 0.123 e. The van der Waals surface area contributed by atoms with Crippen molar-refractivity contribution < 1.29 is 4.39 Å². The minimum atomic E-state index is -0.308. The largest absolute Gasteiger partial charge is 0.309 e. The molecule has 1 unspecified atom stereocenters.